The highest BCUT2D eigenvalue weighted by Gasteiger charge is 2.32. The largest absolute Gasteiger partial charge is 0.444 e. The van der Waals surface area contributed by atoms with Crippen LogP contribution in [0, 0.1) is 5.92 Å². The summed E-state index contributed by atoms with van der Waals surface area (Å²) in [4.78, 5) is 30.6. The van der Waals surface area contributed by atoms with Gasteiger partial charge in [0.1, 0.15) is 11.6 Å². The fourth-order valence-electron chi connectivity index (χ4n) is 1.63. The van der Waals surface area contributed by atoms with Gasteiger partial charge in [-0.25, -0.2) is 9.86 Å². The molecule has 0 aliphatic carbocycles. The second-order valence-corrected chi connectivity index (χ2v) is 6.25. The number of ether oxygens (including phenoxy) is 1. The zero-order valence-corrected chi connectivity index (χ0v) is 13.9. The van der Waals surface area contributed by atoms with E-state index in [0.29, 0.717) is 6.42 Å². The van der Waals surface area contributed by atoms with Crippen LogP contribution in [0.5, 0.6) is 0 Å². The first-order valence-electron chi connectivity index (χ1n) is 6.77. The maximum absolute atomic E-state index is 12.3. The van der Waals surface area contributed by atoms with Crippen molar-refractivity contribution in [3.05, 3.63) is 0 Å². The molecule has 0 N–H and O–H groups in total. The van der Waals surface area contributed by atoms with E-state index < -0.39 is 17.7 Å². The summed E-state index contributed by atoms with van der Waals surface area (Å²) >= 11 is 0. The molecular formula is C14H28N2O4. The summed E-state index contributed by atoms with van der Waals surface area (Å²) < 4.78 is 5.30. The maximum atomic E-state index is 12.3. The Labute approximate surface area is 122 Å². The molecule has 1 unspecified atom stereocenters. The van der Waals surface area contributed by atoms with E-state index in [1.807, 2.05) is 13.8 Å². The minimum Gasteiger partial charge on any atom is -0.444 e. The summed E-state index contributed by atoms with van der Waals surface area (Å²) in [6.07, 6.45) is 0.0310. The number of hydrogen-bond acceptors (Lipinski definition) is 4. The molecule has 0 aromatic carbocycles. The molecule has 2 amide bonds. The summed E-state index contributed by atoms with van der Waals surface area (Å²) in [5, 5.41) is 1.13. The Hall–Kier alpha value is -1.30. The minimum absolute atomic E-state index is 0.263. The lowest BCUT2D eigenvalue weighted by atomic mass is 10.0. The summed E-state index contributed by atoms with van der Waals surface area (Å²) in [7, 11) is 4.51. The molecule has 0 bridgehead atoms. The highest BCUT2D eigenvalue weighted by Crippen LogP contribution is 2.16. The van der Waals surface area contributed by atoms with Crippen LogP contribution >= 0.6 is 0 Å². The SMILES string of the molecule is CON(C)C(=O)C(CC(C)C)N(C)C(=O)OC(C)(C)C. The molecule has 6 nitrogen and oxygen atoms in total. The van der Waals surface area contributed by atoms with Crippen LogP contribution in [-0.2, 0) is 14.4 Å². The molecule has 0 heterocycles. The highest BCUT2D eigenvalue weighted by atomic mass is 16.7. The van der Waals surface area contributed by atoms with Crippen molar-refractivity contribution in [2.75, 3.05) is 21.2 Å². The van der Waals surface area contributed by atoms with E-state index in [9.17, 15) is 9.59 Å². The van der Waals surface area contributed by atoms with Gasteiger partial charge in [0.25, 0.3) is 5.91 Å². The van der Waals surface area contributed by atoms with Crippen molar-refractivity contribution in [3.63, 3.8) is 0 Å². The van der Waals surface area contributed by atoms with E-state index in [0.717, 1.165) is 5.06 Å². The van der Waals surface area contributed by atoms with Crippen molar-refractivity contribution in [3.8, 4) is 0 Å². The Morgan fingerprint density at radius 3 is 2.00 bits per heavy atom. The van der Waals surface area contributed by atoms with E-state index in [2.05, 4.69) is 0 Å². The van der Waals surface area contributed by atoms with Crippen molar-refractivity contribution >= 4 is 12.0 Å². The quantitative estimate of drug-likeness (QED) is 0.728. The third-order valence-electron chi connectivity index (χ3n) is 2.71. The van der Waals surface area contributed by atoms with Gasteiger partial charge in [0.05, 0.1) is 7.11 Å². The van der Waals surface area contributed by atoms with E-state index in [-0.39, 0.29) is 11.8 Å². The second-order valence-electron chi connectivity index (χ2n) is 6.25. The van der Waals surface area contributed by atoms with Crippen LogP contribution in [-0.4, -0.2) is 54.8 Å². The van der Waals surface area contributed by atoms with Crippen LogP contribution < -0.4 is 0 Å². The Morgan fingerprint density at radius 1 is 1.15 bits per heavy atom. The molecule has 0 aliphatic rings. The maximum Gasteiger partial charge on any atom is 0.410 e. The predicted octanol–water partition coefficient (Wildman–Crippen LogP) is 2.29. The van der Waals surface area contributed by atoms with Crippen LogP contribution in [0.4, 0.5) is 4.79 Å². The minimum atomic E-state index is -0.602. The Morgan fingerprint density at radius 2 is 1.65 bits per heavy atom. The summed E-state index contributed by atoms with van der Waals surface area (Å²) in [6, 6.07) is -0.602. The lowest BCUT2D eigenvalue weighted by molar-refractivity contribution is -0.174. The summed E-state index contributed by atoms with van der Waals surface area (Å²) in [5.74, 6) is -0.00588. The molecule has 0 aromatic rings. The fraction of sp³-hybridized carbons (Fsp3) is 0.857. The van der Waals surface area contributed by atoms with Crippen molar-refractivity contribution in [2.24, 2.45) is 5.92 Å². The molecule has 0 fully saturated rings. The van der Waals surface area contributed by atoms with E-state index in [1.165, 1.54) is 19.1 Å². The topological polar surface area (TPSA) is 59.1 Å². The fourth-order valence-corrected chi connectivity index (χ4v) is 1.63. The monoisotopic (exact) mass is 288 g/mol. The summed E-state index contributed by atoms with van der Waals surface area (Å²) in [6.45, 7) is 9.36. The number of hydroxylamine groups is 2. The standard InChI is InChI=1S/C14H28N2O4/c1-10(2)9-11(12(17)16(7)19-8)15(6)13(18)20-14(3,4)5/h10-11H,9H2,1-8H3. The van der Waals surface area contributed by atoms with Gasteiger partial charge in [0.15, 0.2) is 0 Å². The molecule has 0 saturated heterocycles. The number of amides is 2. The van der Waals surface area contributed by atoms with Crippen molar-refractivity contribution in [1.82, 2.24) is 9.96 Å². The molecule has 0 saturated carbocycles. The van der Waals surface area contributed by atoms with Gasteiger partial charge in [-0.15, -0.1) is 0 Å². The van der Waals surface area contributed by atoms with Gasteiger partial charge in [-0.1, -0.05) is 13.8 Å². The molecule has 118 valence electrons. The zero-order chi connectivity index (χ0) is 16.1. The van der Waals surface area contributed by atoms with Crippen LogP contribution in [0.1, 0.15) is 41.0 Å². The van der Waals surface area contributed by atoms with Crippen LogP contribution in [0.15, 0.2) is 0 Å². The lowest BCUT2D eigenvalue weighted by Crippen LogP contribution is -2.49. The predicted molar refractivity (Wildman–Crippen MR) is 77.0 cm³/mol. The second kappa shape index (κ2) is 7.47. The molecule has 0 radical (unpaired) electrons. The lowest BCUT2D eigenvalue weighted by Gasteiger charge is -2.32. The average Bonchev–Trinajstić information content (AvgIpc) is 2.30. The van der Waals surface area contributed by atoms with Gasteiger partial charge in [0, 0.05) is 14.1 Å². The van der Waals surface area contributed by atoms with Gasteiger partial charge < -0.3 is 4.74 Å². The van der Waals surface area contributed by atoms with Crippen molar-refractivity contribution in [2.45, 2.75) is 52.7 Å². The Kier molecular flexibility index (Phi) is 6.99. The Balaban J connectivity index is 5.03. The first-order chi connectivity index (χ1) is 8.99. The number of hydrogen-bond donors (Lipinski definition) is 0. The van der Waals surface area contributed by atoms with Gasteiger partial charge >= 0.3 is 6.09 Å². The van der Waals surface area contributed by atoms with Crippen molar-refractivity contribution in [1.29, 1.82) is 0 Å². The Bertz CT molecular complexity index is 337. The first kappa shape index (κ1) is 18.7. The van der Waals surface area contributed by atoms with Crippen LogP contribution in [0.2, 0.25) is 0 Å². The molecule has 1 atom stereocenters. The van der Waals surface area contributed by atoms with Gasteiger partial charge in [-0.2, -0.15) is 0 Å². The van der Waals surface area contributed by atoms with Gasteiger partial charge in [0.2, 0.25) is 0 Å². The summed E-state index contributed by atoms with van der Waals surface area (Å²) in [5.41, 5.74) is -0.593. The van der Waals surface area contributed by atoms with Gasteiger partial charge in [-0.3, -0.25) is 14.5 Å². The van der Waals surface area contributed by atoms with Crippen LogP contribution in [0.3, 0.4) is 0 Å². The van der Waals surface area contributed by atoms with Crippen LogP contribution in [0.25, 0.3) is 0 Å². The number of carbonyl (C=O) groups is 2. The normalized spacial score (nSPS) is 13.1. The third-order valence-corrected chi connectivity index (χ3v) is 2.71. The van der Waals surface area contributed by atoms with E-state index in [4.69, 9.17) is 9.57 Å². The molecular weight excluding hydrogens is 260 g/mol. The van der Waals surface area contributed by atoms with Crippen molar-refractivity contribution < 1.29 is 19.2 Å². The van der Waals surface area contributed by atoms with E-state index >= 15 is 0 Å². The number of nitrogens with zero attached hydrogens (tertiary/aromatic N) is 2. The molecule has 20 heavy (non-hydrogen) atoms. The van der Waals surface area contributed by atoms with Gasteiger partial charge in [-0.05, 0) is 33.1 Å². The molecule has 0 rings (SSSR count). The number of rotatable bonds is 5. The number of carbonyl (C=O) groups excluding carboxylic acids is 2. The molecule has 6 heteroatoms. The van der Waals surface area contributed by atoms with E-state index in [1.54, 1.807) is 27.8 Å². The zero-order valence-electron chi connectivity index (χ0n) is 13.9. The smallest absolute Gasteiger partial charge is 0.410 e. The average molecular weight is 288 g/mol. The highest BCUT2D eigenvalue weighted by molar-refractivity contribution is 5.84. The molecule has 0 aromatic heterocycles. The molecule has 0 aliphatic heterocycles. The number of likely N-dealkylation sites (N-methyl/N-ethyl adjacent to an activating group) is 2. The first-order valence-corrected chi connectivity index (χ1v) is 6.77. The third kappa shape index (κ3) is 6.23. The molecule has 0 spiro atoms.